The van der Waals surface area contributed by atoms with Gasteiger partial charge in [0, 0.05) is 10.0 Å². The summed E-state index contributed by atoms with van der Waals surface area (Å²) in [7, 11) is 0. The SMILES string of the molecule is N#Cc1ccc(F)c(COc2ccc(Br)cc2C=O)c1. The van der Waals surface area contributed by atoms with Crippen molar-refractivity contribution in [1.82, 2.24) is 0 Å². The summed E-state index contributed by atoms with van der Waals surface area (Å²) in [6.45, 7) is -0.0518. The molecule has 2 aromatic rings. The first-order chi connectivity index (χ1) is 9.63. The van der Waals surface area contributed by atoms with Gasteiger partial charge in [-0.3, -0.25) is 4.79 Å². The lowest BCUT2D eigenvalue weighted by Gasteiger charge is -2.09. The number of aldehydes is 1. The molecule has 0 bridgehead atoms. The highest BCUT2D eigenvalue weighted by molar-refractivity contribution is 9.10. The molecule has 20 heavy (non-hydrogen) atoms. The van der Waals surface area contributed by atoms with E-state index in [1.807, 2.05) is 6.07 Å². The van der Waals surface area contributed by atoms with Crippen LogP contribution >= 0.6 is 15.9 Å². The van der Waals surface area contributed by atoms with Crippen molar-refractivity contribution in [3.8, 4) is 11.8 Å². The smallest absolute Gasteiger partial charge is 0.153 e. The summed E-state index contributed by atoms with van der Waals surface area (Å²) < 4.78 is 19.8. The third kappa shape index (κ3) is 3.22. The Hall–Kier alpha value is -2.19. The molecule has 0 aromatic heterocycles. The van der Waals surface area contributed by atoms with Gasteiger partial charge in [-0.15, -0.1) is 0 Å². The molecule has 0 amide bonds. The molecule has 5 heteroatoms. The molecular formula is C15H9BrFNO2. The Labute approximate surface area is 123 Å². The van der Waals surface area contributed by atoms with Crippen LogP contribution in [0.1, 0.15) is 21.5 Å². The van der Waals surface area contributed by atoms with Crippen molar-refractivity contribution in [1.29, 1.82) is 5.26 Å². The number of benzene rings is 2. The third-order valence-electron chi connectivity index (χ3n) is 2.66. The highest BCUT2D eigenvalue weighted by Crippen LogP contribution is 2.23. The molecular weight excluding hydrogens is 325 g/mol. The Bertz CT molecular complexity index is 695. The molecule has 3 nitrogen and oxygen atoms in total. The van der Waals surface area contributed by atoms with Crippen molar-refractivity contribution in [3.05, 3.63) is 63.4 Å². The molecule has 0 unspecified atom stereocenters. The van der Waals surface area contributed by atoms with E-state index in [0.717, 1.165) is 4.47 Å². The van der Waals surface area contributed by atoms with Gasteiger partial charge in [-0.25, -0.2) is 4.39 Å². The van der Waals surface area contributed by atoms with E-state index in [9.17, 15) is 9.18 Å². The standard InChI is InChI=1S/C15H9BrFNO2/c16-13-2-4-15(11(6-13)8-19)20-9-12-5-10(7-18)1-3-14(12)17/h1-6,8H,9H2. The fourth-order valence-electron chi connectivity index (χ4n) is 1.65. The maximum absolute atomic E-state index is 13.6. The molecule has 2 aromatic carbocycles. The van der Waals surface area contributed by atoms with Gasteiger partial charge in [-0.1, -0.05) is 15.9 Å². The molecule has 0 aliphatic heterocycles. The van der Waals surface area contributed by atoms with Gasteiger partial charge in [0.05, 0.1) is 17.2 Å². The predicted molar refractivity (Wildman–Crippen MR) is 75.0 cm³/mol. The van der Waals surface area contributed by atoms with Crippen LogP contribution in [0.2, 0.25) is 0 Å². The van der Waals surface area contributed by atoms with Gasteiger partial charge in [-0.2, -0.15) is 5.26 Å². The number of hydrogen-bond donors (Lipinski definition) is 0. The minimum Gasteiger partial charge on any atom is -0.488 e. The van der Waals surface area contributed by atoms with E-state index in [-0.39, 0.29) is 12.2 Å². The fourth-order valence-corrected chi connectivity index (χ4v) is 2.03. The van der Waals surface area contributed by atoms with E-state index >= 15 is 0 Å². The lowest BCUT2D eigenvalue weighted by atomic mass is 10.1. The van der Waals surface area contributed by atoms with Gasteiger partial charge < -0.3 is 4.74 Å². The molecule has 0 radical (unpaired) electrons. The summed E-state index contributed by atoms with van der Waals surface area (Å²) >= 11 is 3.25. The van der Waals surface area contributed by atoms with Crippen LogP contribution in [0.15, 0.2) is 40.9 Å². The molecule has 0 saturated carbocycles. The summed E-state index contributed by atoms with van der Waals surface area (Å²) in [5.41, 5.74) is 0.997. The molecule has 0 aliphatic carbocycles. The molecule has 0 N–H and O–H groups in total. The highest BCUT2D eigenvalue weighted by atomic mass is 79.9. The number of carbonyl (C=O) groups is 1. The van der Waals surface area contributed by atoms with Gasteiger partial charge in [0.2, 0.25) is 0 Å². The Kier molecular flexibility index (Phi) is 4.49. The summed E-state index contributed by atoms with van der Waals surface area (Å²) in [6.07, 6.45) is 0.669. The Balaban J connectivity index is 2.21. The molecule has 0 fully saturated rings. The second kappa shape index (κ2) is 6.31. The largest absolute Gasteiger partial charge is 0.488 e. The van der Waals surface area contributed by atoms with Gasteiger partial charge in [0.1, 0.15) is 18.2 Å². The van der Waals surface area contributed by atoms with E-state index in [1.165, 1.54) is 18.2 Å². The number of rotatable bonds is 4. The van der Waals surface area contributed by atoms with Crippen molar-refractivity contribution >= 4 is 22.2 Å². The van der Waals surface area contributed by atoms with Gasteiger partial charge >= 0.3 is 0 Å². The zero-order valence-electron chi connectivity index (χ0n) is 10.3. The number of hydrogen-bond acceptors (Lipinski definition) is 3. The second-order valence-electron chi connectivity index (χ2n) is 4.01. The molecule has 100 valence electrons. The van der Waals surface area contributed by atoms with Crippen LogP contribution in [0.5, 0.6) is 5.75 Å². The summed E-state index contributed by atoms with van der Waals surface area (Å²) in [5, 5.41) is 8.79. The first kappa shape index (κ1) is 14.2. The van der Waals surface area contributed by atoms with E-state index in [0.29, 0.717) is 23.2 Å². The number of ether oxygens (including phenoxy) is 1. The minimum absolute atomic E-state index is 0.0518. The molecule has 2 rings (SSSR count). The quantitative estimate of drug-likeness (QED) is 0.798. The zero-order valence-corrected chi connectivity index (χ0v) is 11.9. The monoisotopic (exact) mass is 333 g/mol. The molecule has 0 spiro atoms. The van der Waals surface area contributed by atoms with Crippen molar-refractivity contribution in [3.63, 3.8) is 0 Å². The second-order valence-corrected chi connectivity index (χ2v) is 4.92. The zero-order chi connectivity index (χ0) is 14.5. The van der Waals surface area contributed by atoms with E-state index in [2.05, 4.69) is 15.9 Å². The predicted octanol–water partition coefficient (Wildman–Crippen LogP) is 3.85. The first-order valence-corrected chi connectivity index (χ1v) is 6.49. The van der Waals surface area contributed by atoms with Crippen LogP contribution in [-0.4, -0.2) is 6.29 Å². The lowest BCUT2D eigenvalue weighted by Crippen LogP contribution is -2.01. The molecule has 0 heterocycles. The van der Waals surface area contributed by atoms with Crippen molar-refractivity contribution in [2.75, 3.05) is 0 Å². The maximum atomic E-state index is 13.6. The van der Waals surface area contributed by atoms with Crippen molar-refractivity contribution in [2.45, 2.75) is 6.61 Å². The number of carbonyl (C=O) groups excluding carboxylic acids is 1. The maximum Gasteiger partial charge on any atom is 0.153 e. The number of nitriles is 1. The number of halogens is 2. The Morgan fingerprint density at radius 1 is 1.30 bits per heavy atom. The minimum atomic E-state index is -0.450. The molecule has 0 atom stereocenters. The average molecular weight is 334 g/mol. The van der Waals surface area contributed by atoms with Crippen LogP contribution in [0.4, 0.5) is 4.39 Å². The lowest BCUT2D eigenvalue weighted by molar-refractivity contribution is 0.111. The third-order valence-corrected chi connectivity index (χ3v) is 3.15. The van der Waals surface area contributed by atoms with Crippen LogP contribution < -0.4 is 4.74 Å². The number of nitrogens with zero attached hydrogens (tertiary/aromatic N) is 1. The normalized spacial score (nSPS) is 9.85. The van der Waals surface area contributed by atoms with Crippen molar-refractivity contribution < 1.29 is 13.9 Å². The summed E-state index contributed by atoms with van der Waals surface area (Å²) in [4.78, 5) is 10.9. The van der Waals surface area contributed by atoms with Gasteiger partial charge in [0.25, 0.3) is 0 Å². The van der Waals surface area contributed by atoms with Gasteiger partial charge in [-0.05, 0) is 36.4 Å². The first-order valence-electron chi connectivity index (χ1n) is 5.70. The van der Waals surface area contributed by atoms with E-state index < -0.39 is 5.82 Å². The summed E-state index contributed by atoms with van der Waals surface area (Å²) in [6, 6.07) is 11.0. The topological polar surface area (TPSA) is 50.1 Å². The Morgan fingerprint density at radius 2 is 2.10 bits per heavy atom. The van der Waals surface area contributed by atoms with Crippen LogP contribution in [0, 0.1) is 17.1 Å². The summed E-state index contributed by atoms with van der Waals surface area (Å²) in [5.74, 6) is -0.0845. The highest BCUT2D eigenvalue weighted by Gasteiger charge is 2.08. The van der Waals surface area contributed by atoms with Crippen LogP contribution in [0.3, 0.4) is 0 Å². The van der Waals surface area contributed by atoms with E-state index in [1.54, 1.807) is 18.2 Å². The van der Waals surface area contributed by atoms with Crippen LogP contribution in [-0.2, 0) is 6.61 Å². The van der Waals surface area contributed by atoms with Crippen LogP contribution in [0.25, 0.3) is 0 Å². The molecule has 0 saturated heterocycles. The van der Waals surface area contributed by atoms with Gasteiger partial charge in [0.15, 0.2) is 6.29 Å². The average Bonchev–Trinajstić information content (AvgIpc) is 2.47. The Morgan fingerprint density at radius 3 is 2.80 bits per heavy atom. The fraction of sp³-hybridized carbons (Fsp3) is 0.0667. The van der Waals surface area contributed by atoms with Crippen molar-refractivity contribution in [2.24, 2.45) is 0 Å². The molecule has 0 aliphatic rings. The van der Waals surface area contributed by atoms with E-state index in [4.69, 9.17) is 10.00 Å².